The molecule has 60 valence electrons. The highest BCUT2D eigenvalue weighted by Crippen LogP contribution is 1.88. The topological polar surface area (TPSA) is 35.5 Å². The van der Waals surface area contributed by atoms with Crippen LogP contribution >= 0.6 is 0 Å². The van der Waals surface area contributed by atoms with Gasteiger partial charge in [-0.15, -0.1) is 0 Å². The summed E-state index contributed by atoms with van der Waals surface area (Å²) in [5, 5.41) is 0. The van der Waals surface area contributed by atoms with E-state index in [-0.39, 0.29) is 5.97 Å². The molecule has 0 amide bonds. The molecule has 0 aromatic rings. The summed E-state index contributed by atoms with van der Waals surface area (Å²) < 4.78 is 9.47. The van der Waals surface area contributed by atoms with Gasteiger partial charge in [0.25, 0.3) is 0 Å². The van der Waals surface area contributed by atoms with Crippen LogP contribution in [-0.2, 0) is 14.3 Å². The van der Waals surface area contributed by atoms with Crippen LogP contribution in [0.15, 0.2) is 0 Å². The molecule has 0 rings (SSSR count). The second-order valence-electron chi connectivity index (χ2n) is 1.96. The van der Waals surface area contributed by atoms with Crippen molar-refractivity contribution >= 4 is 5.97 Å². The van der Waals surface area contributed by atoms with E-state index in [9.17, 15) is 4.79 Å². The molecule has 0 saturated heterocycles. The molecule has 0 aromatic heterocycles. The molecule has 0 fully saturated rings. The normalized spacial score (nSPS) is 9.40. The van der Waals surface area contributed by atoms with Gasteiger partial charge in [-0.3, -0.25) is 4.79 Å². The number of carbonyl (C=O) groups is 1. The Morgan fingerprint density at radius 3 is 2.60 bits per heavy atom. The molecule has 0 aliphatic rings. The predicted octanol–water partition coefficient (Wildman–Crippen LogP) is 0.976. The first-order valence-electron chi connectivity index (χ1n) is 3.45. The summed E-state index contributed by atoms with van der Waals surface area (Å²) in [7, 11) is 1.56. The van der Waals surface area contributed by atoms with Gasteiger partial charge >= 0.3 is 5.97 Å². The minimum atomic E-state index is -0.177. The maximum atomic E-state index is 10.7. The molecule has 10 heavy (non-hydrogen) atoms. The van der Waals surface area contributed by atoms with E-state index in [1.165, 1.54) is 0 Å². The van der Waals surface area contributed by atoms with Crippen LogP contribution in [0.4, 0.5) is 0 Å². The van der Waals surface area contributed by atoms with Crippen LogP contribution in [0.1, 0.15) is 19.8 Å². The lowest BCUT2D eigenvalue weighted by Gasteiger charge is -2.00. The van der Waals surface area contributed by atoms with Gasteiger partial charge in [-0.1, -0.05) is 6.92 Å². The lowest BCUT2D eigenvalue weighted by Crippen LogP contribution is -2.07. The lowest BCUT2D eigenvalue weighted by molar-refractivity contribution is -0.144. The fraction of sp³-hybridized carbons (Fsp3) is 0.857. The fourth-order valence-electron chi connectivity index (χ4n) is 0.473. The Morgan fingerprint density at radius 2 is 2.10 bits per heavy atom. The summed E-state index contributed by atoms with van der Waals surface area (Å²) in [5.41, 5.74) is 0. The minimum absolute atomic E-state index is 0.177. The standard InChI is InChI=1S/C7H14O3/c1-3-5-10-7(8)4-6-9-2/h3-6H2,1-2H3. The first kappa shape index (κ1) is 9.43. The third-order valence-corrected chi connectivity index (χ3v) is 0.977. The SMILES string of the molecule is CCCOC(=O)CCOC. The van der Waals surface area contributed by atoms with Crippen molar-refractivity contribution in [2.75, 3.05) is 20.3 Å². The highest BCUT2D eigenvalue weighted by Gasteiger charge is 1.99. The molecular formula is C7H14O3. The van der Waals surface area contributed by atoms with E-state index in [1.807, 2.05) is 6.92 Å². The molecule has 3 nitrogen and oxygen atoms in total. The summed E-state index contributed by atoms with van der Waals surface area (Å²) >= 11 is 0. The van der Waals surface area contributed by atoms with Crippen molar-refractivity contribution in [2.45, 2.75) is 19.8 Å². The average molecular weight is 146 g/mol. The molecule has 0 saturated carbocycles. The molecule has 0 aliphatic heterocycles. The summed E-state index contributed by atoms with van der Waals surface area (Å²) in [6, 6.07) is 0. The quantitative estimate of drug-likeness (QED) is 0.542. The monoisotopic (exact) mass is 146 g/mol. The van der Waals surface area contributed by atoms with Crippen molar-refractivity contribution in [3.63, 3.8) is 0 Å². The zero-order valence-electron chi connectivity index (χ0n) is 6.55. The summed E-state index contributed by atoms with van der Waals surface area (Å²) in [6.45, 7) is 2.93. The van der Waals surface area contributed by atoms with E-state index < -0.39 is 0 Å². The zero-order valence-corrected chi connectivity index (χ0v) is 6.55. The van der Waals surface area contributed by atoms with E-state index in [0.717, 1.165) is 6.42 Å². The van der Waals surface area contributed by atoms with Crippen molar-refractivity contribution in [1.29, 1.82) is 0 Å². The molecule has 0 heterocycles. The van der Waals surface area contributed by atoms with Crippen LogP contribution in [0.5, 0.6) is 0 Å². The number of rotatable bonds is 5. The van der Waals surface area contributed by atoms with Gasteiger partial charge in [-0.25, -0.2) is 0 Å². The number of hydrogen-bond acceptors (Lipinski definition) is 3. The van der Waals surface area contributed by atoms with Crippen LogP contribution in [0.25, 0.3) is 0 Å². The fourth-order valence-corrected chi connectivity index (χ4v) is 0.473. The van der Waals surface area contributed by atoms with Crippen LogP contribution < -0.4 is 0 Å². The van der Waals surface area contributed by atoms with Gasteiger partial charge in [-0.05, 0) is 6.42 Å². The number of esters is 1. The smallest absolute Gasteiger partial charge is 0.308 e. The lowest BCUT2D eigenvalue weighted by atomic mass is 10.4. The van der Waals surface area contributed by atoms with Gasteiger partial charge in [0.1, 0.15) is 0 Å². The molecule has 0 N–H and O–H groups in total. The highest BCUT2D eigenvalue weighted by molar-refractivity contribution is 5.69. The Kier molecular flexibility index (Phi) is 6.18. The van der Waals surface area contributed by atoms with Gasteiger partial charge < -0.3 is 9.47 Å². The van der Waals surface area contributed by atoms with Crippen LogP contribution in [0.2, 0.25) is 0 Å². The second-order valence-corrected chi connectivity index (χ2v) is 1.96. The van der Waals surface area contributed by atoms with Gasteiger partial charge in [-0.2, -0.15) is 0 Å². The molecule has 0 aromatic carbocycles. The van der Waals surface area contributed by atoms with Gasteiger partial charge in [0.15, 0.2) is 0 Å². The van der Waals surface area contributed by atoms with Crippen LogP contribution in [0, 0.1) is 0 Å². The van der Waals surface area contributed by atoms with E-state index in [4.69, 9.17) is 9.47 Å². The zero-order chi connectivity index (χ0) is 7.82. The number of hydrogen-bond donors (Lipinski definition) is 0. The van der Waals surface area contributed by atoms with Crippen molar-refractivity contribution in [1.82, 2.24) is 0 Å². The van der Waals surface area contributed by atoms with E-state index in [1.54, 1.807) is 7.11 Å². The largest absolute Gasteiger partial charge is 0.466 e. The summed E-state index contributed by atoms with van der Waals surface area (Å²) in [4.78, 5) is 10.7. The first-order valence-corrected chi connectivity index (χ1v) is 3.45. The molecule has 0 radical (unpaired) electrons. The van der Waals surface area contributed by atoms with E-state index in [0.29, 0.717) is 19.6 Å². The van der Waals surface area contributed by atoms with Crippen molar-refractivity contribution < 1.29 is 14.3 Å². The average Bonchev–Trinajstić information content (AvgIpc) is 1.97. The second kappa shape index (κ2) is 6.55. The summed E-state index contributed by atoms with van der Waals surface area (Å²) in [5.74, 6) is -0.177. The Labute approximate surface area is 61.3 Å². The first-order chi connectivity index (χ1) is 4.81. The van der Waals surface area contributed by atoms with E-state index >= 15 is 0 Å². The van der Waals surface area contributed by atoms with Gasteiger partial charge in [0.05, 0.1) is 19.6 Å². The molecule has 3 heteroatoms. The Hall–Kier alpha value is -0.570. The maximum absolute atomic E-state index is 10.7. The predicted molar refractivity (Wildman–Crippen MR) is 37.7 cm³/mol. The van der Waals surface area contributed by atoms with Crippen LogP contribution in [-0.4, -0.2) is 26.3 Å². The Balaban J connectivity index is 3.09. The number of methoxy groups -OCH3 is 1. The number of ether oxygens (including phenoxy) is 2. The maximum Gasteiger partial charge on any atom is 0.308 e. The summed E-state index contributed by atoms with van der Waals surface area (Å²) in [6.07, 6.45) is 1.23. The molecule has 0 unspecified atom stereocenters. The third kappa shape index (κ3) is 5.56. The number of carbonyl (C=O) groups excluding carboxylic acids is 1. The molecular weight excluding hydrogens is 132 g/mol. The van der Waals surface area contributed by atoms with Crippen molar-refractivity contribution in [3.8, 4) is 0 Å². The van der Waals surface area contributed by atoms with Crippen molar-refractivity contribution in [3.05, 3.63) is 0 Å². The molecule has 0 aliphatic carbocycles. The minimum Gasteiger partial charge on any atom is -0.466 e. The molecule has 0 atom stereocenters. The van der Waals surface area contributed by atoms with E-state index in [2.05, 4.69) is 0 Å². The Bertz CT molecular complexity index is 80.9. The molecule has 0 bridgehead atoms. The van der Waals surface area contributed by atoms with Gasteiger partial charge in [0, 0.05) is 7.11 Å². The highest BCUT2D eigenvalue weighted by atomic mass is 16.5. The Morgan fingerprint density at radius 1 is 1.40 bits per heavy atom. The van der Waals surface area contributed by atoms with Crippen LogP contribution in [0.3, 0.4) is 0 Å². The third-order valence-electron chi connectivity index (χ3n) is 0.977. The van der Waals surface area contributed by atoms with Crippen molar-refractivity contribution in [2.24, 2.45) is 0 Å². The molecule has 0 spiro atoms. The van der Waals surface area contributed by atoms with Gasteiger partial charge in [0.2, 0.25) is 0 Å².